The molecule has 1 rings (SSSR count). The maximum atomic E-state index is 4.97. The summed E-state index contributed by atoms with van der Waals surface area (Å²) in [5.41, 5.74) is 1.23. The molecule has 68 valence electrons. The molecule has 12 heavy (non-hydrogen) atoms. The van der Waals surface area contributed by atoms with Crippen molar-refractivity contribution in [3.8, 4) is 0 Å². The number of nitrogens with zero attached hydrogens (tertiary/aromatic N) is 2. The fourth-order valence-corrected chi connectivity index (χ4v) is 1.15. The van der Waals surface area contributed by atoms with Crippen LogP contribution in [0.5, 0.6) is 0 Å². The molecule has 0 spiro atoms. The zero-order valence-electron chi connectivity index (χ0n) is 7.79. The second-order valence-corrected chi connectivity index (χ2v) is 2.93. The highest BCUT2D eigenvalue weighted by Gasteiger charge is 1.94. The molecular formula is C9H16N2O. The van der Waals surface area contributed by atoms with Crippen LogP contribution in [-0.4, -0.2) is 23.3 Å². The molecule has 1 aromatic rings. The maximum absolute atomic E-state index is 4.97. The van der Waals surface area contributed by atoms with Crippen molar-refractivity contribution in [1.82, 2.24) is 9.55 Å². The lowest BCUT2D eigenvalue weighted by Crippen LogP contribution is -1.99. The number of unbranched alkanes of at least 4 members (excludes halogenated alkanes) is 1. The molecule has 0 aliphatic rings. The van der Waals surface area contributed by atoms with Gasteiger partial charge in [-0.3, -0.25) is 0 Å². The lowest BCUT2D eigenvalue weighted by molar-refractivity contribution is 0.191. The van der Waals surface area contributed by atoms with Gasteiger partial charge in [-0.2, -0.15) is 0 Å². The first-order valence-corrected chi connectivity index (χ1v) is 4.30. The topological polar surface area (TPSA) is 27.1 Å². The molecule has 0 aliphatic heterocycles. The number of hydrogen-bond donors (Lipinski definition) is 0. The average Bonchev–Trinajstić information content (AvgIpc) is 2.46. The number of ether oxygens (including phenoxy) is 1. The number of rotatable bonds is 5. The van der Waals surface area contributed by atoms with Crippen LogP contribution < -0.4 is 0 Å². The summed E-state index contributed by atoms with van der Waals surface area (Å²) in [6, 6.07) is 0. The first-order valence-electron chi connectivity index (χ1n) is 4.30. The summed E-state index contributed by atoms with van der Waals surface area (Å²) in [6.45, 7) is 3.98. The van der Waals surface area contributed by atoms with Crippen molar-refractivity contribution in [3.05, 3.63) is 18.2 Å². The van der Waals surface area contributed by atoms with Crippen LogP contribution in [0.1, 0.15) is 18.5 Å². The van der Waals surface area contributed by atoms with Gasteiger partial charge in [-0.25, -0.2) is 4.98 Å². The van der Waals surface area contributed by atoms with Crippen LogP contribution in [0.15, 0.2) is 12.5 Å². The Morgan fingerprint density at radius 1 is 1.50 bits per heavy atom. The largest absolute Gasteiger partial charge is 0.385 e. The molecule has 0 atom stereocenters. The van der Waals surface area contributed by atoms with Gasteiger partial charge < -0.3 is 9.30 Å². The standard InChI is InChI=1S/C9H16N2O/c1-9-7-10-8-11(9)5-3-4-6-12-2/h7-8H,3-6H2,1-2H3. The average molecular weight is 168 g/mol. The first-order chi connectivity index (χ1) is 5.84. The molecule has 0 fully saturated rings. The summed E-state index contributed by atoms with van der Waals surface area (Å²) < 4.78 is 7.13. The van der Waals surface area contributed by atoms with Crippen molar-refractivity contribution in [2.24, 2.45) is 0 Å². The first kappa shape index (κ1) is 9.26. The summed E-state index contributed by atoms with van der Waals surface area (Å²) in [5, 5.41) is 0. The molecule has 0 saturated carbocycles. The maximum Gasteiger partial charge on any atom is 0.0948 e. The van der Waals surface area contributed by atoms with E-state index in [4.69, 9.17) is 4.74 Å². The lowest BCUT2D eigenvalue weighted by Gasteiger charge is -2.03. The zero-order valence-corrected chi connectivity index (χ0v) is 7.79. The molecule has 0 radical (unpaired) electrons. The van der Waals surface area contributed by atoms with Crippen LogP contribution in [0.2, 0.25) is 0 Å². The fraction of sp³-hybridized carbons (Fsp3) is 0.667. The highest BCUT2D eigenvalue weighted by Crippen LogP contribution is 2.00. The molecule has 0 N–H and O–H groups in total. The van der Waals surface area contributed by atoms with Gasteiger partial charge in [0.15, 0.2) is 0 Å². The molecule has 0 unspecified atom stereocenters. The van der Waals surface area contributed by atoms with Gasteiger partial charge in [0, 0.05) is 32.2 Å². The van der Waals surface area contributed by atoms with Gasteiger partial charge in [0.25, 0.3) is 0 Å². The van der Waals surface area contributed by atoms with E-state index in [0.717, 1.165) is 26.0 Å². The Balaban J connectivity index is 2.20. The molecular weight excluding hydrogens is 152 g/mol. The van der Waals surface area contributed by atoms with E-state index in [1.807, 2.05) is 12.5 Å². The summed E-state index contributed by atoms with van der Waals surface area (Å²) in [5.74, 6) is 0. The molecule has 0 aromatic carbocycles. The van der Waals surface area contributed by atoms with Crippen molar-refractivity contribution in [3.63, 3.8) is 0 Å². The monoisotopic (exact) mass is 168 g/mol. The Kier molecular flexibility index (Phi) is 3.80. The smallest absolute Gasteiger partial charge is 0.0948 e. The molecule has 1 heterocycles. The van der Waals surface area contributed by atoms with Crippen LogP contribution in [0.3, 0.4) is 0 Å². The van der Waals surface area contributed by atoms with Gasteiger partial charge >= 0.3 is 0 Å². The second kappa shape index (κ2) is 4.93. The van der Waals surface area contributed by atoms with E-state index in [2.05, 4.69) is 16.5 Å². The van der Waals surface area contributed by atoms with E-state index in [0.29, 0.717) is 0 Å². The van der Waals surface area contributed by atoms with E-state index in [1.165, 1.54) is 5.69 Å². The molecule has 0 amide bonds. The van der Waals surface area contributed by atoms with Gasteiger partial charge in [0.05, 0.1) is 6.33 Å². The van der Waals surface area contributed by atoms with Crippen LogP contribution in [0.25, 0.3) is 0 Å². The quantitative estimate of drug-likeness (QED) is 0.625. The van der Waals surface area contributed by atoms with Gasteiger partial charge in [-0.05, 0) is 19.8 Å². The van der Waals surface area contributed by atoms with Gasteiger partial charge in [-0.15, -0.1) is 0 Å². The van der Waals surface area contributed by atoms with E-state index >= 15 is 0 Å². The fourth-order valence-electron chi connectivity index (χ4n) is 1.15. The van der Waals surface area contributed by atoms with E-state index in [9.17, 15) is 0 Å². The molecule has 0 bridgehead atoms. The molecule has 1 aromatic heterocycles. The lowest BCUT2D eigenvalue weighted by atomic mass is 10.3. The number of aryl methyl sites for hydroxylation is 2. The second-order valence-electron chi connectivity index (χ2n) is 2.93. The third-order valence-electron chi connectivity index (χ3n) is 1.92. The predicted octanol–water partition coefficient (Wildman–Crippen LogP) is 1.62. The Morgan fingerprint density at radius 2 is 2.33 bits per heavy atom. The zero-order chi connectivity index (χ0) is 8.81. The number of hydrogen-bond acceptors (Lipinski definition) is 2. The van der Waals surface area contributed by atoms with E-state index in [1.54, 1.807) is 7.11 Å². The van der Waals surface area contributed by atoms with Gasteiger partial charge in [0.1, 0.15) is 0 Å². The van der Waals surface area contributed by atoms with Crippen LogP contribution in [-0.2, 0) is 11.3 Å². The van der Waals surface area contributed by atoms with Crippen LogP contribution >= 0.6 is 0 Å². The van der Waals surface area contributed by atoms with Crippen molar-refractivity contribution in [1.29, 1.82) is 0 Å². The van der Waals surface area contributed by atoms with Crippen LogP contribution in [0, 0.1) is 6.92 Å². The van der Waals surface area contributed by atoms with Crippen molar-refractivity contribution in [2.45, 2.75) is 26.3 Å². The Labute approximate surface area is 73.4 Å². The van der Waals surface area contributed by atoms with Gasteiger partial charge in [-0.1, -0.05) is 0 Å². The Hall–Kier alpha value is -0.830. The molecule has 3 heteroatoms. The SMILES string of the molecule is COCCCCn1cncc1C. The van der Waals surface area contributed by atoms with Gasteiger partial charge in [0.2, 0.25) is 0 Å². The predicted molar refractivity (Wildman–Crippen MR) is 48.1 cm³/mol. The highest BCUT2D eigenvalue weighted by molar-refractivity contribution is 4.93. The molecule has 3 nitrogen and oxygen atoms in total. The van der Waals surface area contributed by atoms with Crippen molar-refractivity contribution in [2.75, 3.05) is 13.7 Å². The number of methoxy groups -OCH3 is 1. The Bertz CT molecular complexity index is 220. The normalized spacial score (nSPS) is 10.5. The minimum absolute atomic E-state index is 0.855. The highest BCUT2D eigenvalue weighted by atomic mass is 16.5. The summed E-state index contributed by atoms with van der Waals surface area (Å²) in [4.78, 5) is 4.05. The third-order valence-corrected chi connectivity index (χ3v) is 1.92. The van der Waals surface area contributed by atoms with Crippen LogP contribution in [0.4, 0.5) is 0 Å². The minimum Gasteiger partial charge on any atom is -0.385 e. The van der Waals surface area contributed by atoms with E-state index in [-0.39, 0.29) is 0 Å². The van der Waals surface area contributed by atoms with Crippen molar-refractivity contribution >= 4 is 0 Å². The van der Waals surface area contributed by atoms with Crippen molar-refractivity contribution < 1.29 is 4.74 Å². The minimum atomic E-state index is 0.855. The number of aromatic nitrogens is 2. The molecule has 0 aliphatic carbocycles. The number of imidazole rings is 1. The summed E-state index contributed by atoms with van der Waals surface area (Å²) >= 11 is 0. The Morgan fingerprint density at radius 3 is 2.92 bits per heavy atom. The summed E-state index contributed by atoms with van der Waals surface area (Å²) in [6.07, 6.45) is 6.04. The van der Waals surface area contributed by atoms with E-state index < -0.39 is 0 Å². The summed E-state index contributed by atoms with van der Waals surface area (Å²) in [7, 11) is 1.74. The molecule has 0 saturated heterocycles. The third kappa shape index (κ3) is 2.66.